The van der Waals surface area contributed by atoms with Crippen molar-refractivity contribution >= 4 is 27.5 Å². The highest BCUT2D eigenvalue weighted by atomic mass is 19.1. The normalized spacial score (nSPS) is 14.5. The molecule has 4 heterocycles. The topological polar surface area (TPSA) is 95.2 Å². The molecule has 1 aromatic carbocycles. The van der Waals surface area contributed by atoms with E-state index in [4.69, 9.17) is 4.98 Å². The molecule has 3 N–H and O–H groups in total. The average molecular weight is 518 g/mol. The van der Waals surface area contributed by atoms with Crippen molar-refractivity contribution in [2.24, 2.45) is 5.92 Å². The number of rotatable bonds is 8. The van der Waals surface area contributed by atoms with Crippen LogP contribution in [0, 0.1) is 11.7 Å². The van der Waals surface area contributed by atoms with Gasteiger partial charge in [-0.2, -0.15) is 5.10 Å². The number of fused-ring (bicyclic) bond motifs is 2. The minimum Gasteiger partial charge on any atom is -0.359 e. The quantitative estimate of drug-likeness (QED) is 0.191. The third-order valence-electron chi connectivity index (χ3n) is 7.28. The largest absolute Gasteiger partial charge is 0.359 e. The van der Waals surface area contributed by atoms with Crippen molar-refractivity contribution in [3.8, 4) is 22.8 Å². The van der Waals surface area contributed by atoms with Crippen LogP contribution in [0.5, 0.6) is 0 Å². The number of hydrogen-bond donors (Lipinski definition) is 3. The van der Waals surface area contributed by atoms with Crippen LogP contribution in [0.25, 0.3) is 50.3 Å². The van der Waals surface area contributed by atoms with Gasteiger partial charge in [-0.05, 0) is 79.3 Å². The molecule has 194 valence electrons. The molecule has 39 heavy (non-hydrogen) atoms. The van der Waals surface area contributed by atoms with E-state index in [-0.39, 0.29) is 5.52 Å². The van der Waals surface area contributed by atoms with E-state index in [1.807, 2.05) is 43.3 Å². The highest BCUT2D eigenvalue weighted by Crippen LogP contribution is 2.34. The molecule has 1 saturated carbocycles. The molecule has 0 bridgehead atoms. The number of nitrogens with one attached hydrogen (secondary N) is 3. The van der Waals surface area contributed by atoms with Gasteiger partial charge in [-0.15, -0.1) is 0 Å². The number of H-pyrrole nitrogens is 2. The molecule has 7 nitrogen and oxygen atoms in total. The molecule has 0 spiro atoms. The number of pyridine rings is 2. The van der Waals surface area contributed by atoms with Gasteiger partial charge in [0.25, 0.3) is 0 Å². The Bertz CT molecular complexity index is 1770. The molecule has 1 aliphatic carbocycles. The summed E-state index contributed by atoms with van der Waals surface area (Å²) in [5.74, 6) is 0.623. The monoisotopic (exact) mass is 517 g/mol. The van der Waals surface area contributed by atoms with Gasteiger partial charge in [0, 0.05) is 40.9 Å². The lowest BCUT2D eigenvalue weighted by atomic mass is 9.83. The zero-order valence-electron chi connectivity index (χ0n) is 21.6. The van der Waals surface area contributed by atoms with Crippen molar-refractivity contribution in [1.29, 1.82) is 0 Å². The number of imidazole rings is 1. The van der Waals surface area contributed by atoms with E-state index in [1.54, 1.807) is 24.7 Å². The summed E-state index contributed by atoms with van der Waals surface area (Å²) >= 11 is 0. The minimum absolute atomic E-state index is 0.251. The average Bonchev–Trinajstić information content (AvgIpc) is 3.55. The van der Waals surface area contributed by atoms with E-state index in [1.165, 1.54) is 12.5 Å². The Hall–Kier alpha value is -4.85. The summed E-state index contributed by atoms with van der Waals surface area (Å²) in [4.78, 5) is 16.8. The first-order valence-corrected chi connectivity index (χ1v) is 13.0. The van der Waals surface area contributed by atoms with Crippen LogP contribution in [0.15, 0.2) is 91.7 Å². The van der Waals surface area contributed by atoms with E-state index < -0.39 is 5.82 Å². The molecule has 8 heteroatoms. The van der Waals surface area contributed by atoms with Crippen LogP contribution in [0.4, 0.5) is 4.39 Å². The fourth-order valence-corrected chi connectivity index (χ4v) is 4.89. The third kappa shape index (κ3) is 4.54. The van der Waals surface area contributed by atoms with Crippen molar-refractivity contribution < 1.29 is 4.39 Å². The predicted molar refractivity (Wildman–Crippen MR) is 154 cm³/mol. The van der Waals surface area contributed by atoms with Gasteiger partial charge in [-0.3, -0.25) is 15.1 Å². The highest BCUT2D eigenvalue weighted by molar-refractivity contribution is 5.97. The Labute approximate surface area is 225 Å². The molecule has 0 saturated heterocycles. The van der Waals surface area contributed by atoms with Crippen LogP contribution in [0.2, 0.25) is 0 Å². The summed E-state index contributed by atoms with van der Waals surface area (Å²) in [6.07, 6.45) is 14.4. The van der Waals surface area contributed by atoms with E-state index >= 15 is 4.39 Å². The second kappa shape index (κ2) is 10.1. The highest BCUT2D eigenvalue weighted by Gasteiger charge is 2.21. The summed E-state index contributed by atoms with van der Waals surface area (Å²) < 4.78 is 15.3. The molecule has 0 amide bonds. The van der Waals surface area contributed by atoms with Gasteiger partial charge in [0.05, 0.1) is 11.2 Å². The molecule has 0 aliphatic heterocycles. The maximum absolute atomic E-state index is 15.3. The van der Waals surface area contributed by atoms with Gasteiger partial charge in [0.1, 0.15) is 16.7 Å². The van der Waals surface area contributed by atoms with E-state index in [2.05, 4.69) is 43.6 Å². The number of hydrogen-bond acceptors (Lipinski definition) is 5. The van der Waals surface area contributed by atoms with Crippen LogP contribution in [0.1, 0.15) is 31.7 Å². The maximum atomic E-state index is 15.3. The molecule has 0 unspecified atom stereocenters. The molecule has 4 aromatic heterocycles. The number of allylic oxidation sites excluding steroid dienone is 5. The lowest BCUT2D eigenvalue weighted by molar-refractivity contribution is 0.356. The van der Waals surface area contributed by atoms with Gasteiger partial charge < -0.3 is 10.3 Å². The summed E-state index contributed by atoms with van der Waals surface area (Å²) in [5, 5.41) is 11.3. The first-order chi connectivity index (χ1) is 19.1. The number of nitrogens with zero attached hydrogens (tertiary/aromatic N) is 4. The SMILES string of the molecule is C=C/C(=C\C(=C/C)c1cc(F)c2n[nH]c(-c3nc4c(-c5ccncc5)nccc4[nH]3)c2c1)NC(=C)C1CCC1. The second-order valence-electron chi connectivity index (χ2n) is 9.66. The Morgan fingerprint density at radius 3 is 2.67 bits per heavy atom. The Balaban J connectivity index is 1.40. The van der Waals surface area contributed by atoms with Crippen LogP contribution in [-0.4, -0.2) is 30.1 Å². The molecule has 5 aromatic rings. The van der Waals surface area contributed by atoms with Crippen molar-refractivity contribution in [2.75, 3.05) is 0 Å². The first-order valence-electron chi connectivity index (χ1n) is 13.0. The van der Waals surface area contributed by atoms with Crippen molar-refractivity contribution in [3.63, 3.8) is 0 Å². The van der Waals surface area contributed by atoms with Crippen LogP contribution in [-0.2, 0) is 0 Å². The number of aromatic nitrogens is 6. The van der Waals surface area contributed by atoms with E-state index in [0.717, 1.165) is 52.1 Å². The second-order valence-corrected chi connectivity index (χ2v) is 9.66. The van der Waals surface area contributed by atoms with Crippen molar-refractivity contribution in [1.82, 2.24) is 35.5 Å². The fourth-order valence-electron chi connectivity index (χ4n) is 4.89. The van der Waals surface area contributed by atoms with Crippen LogP contribution < -0.4 is 5.32 Å². The zero-order chi connectivity index (χ0) is 26.9. The van der Waals surface area contributed by atoms with Gasteiger partial charge in [0.2, 0.25) is 0 Å². The first kappa shape index (κ1) is 24.5. The third-order valence-corrected chi connectivity index (χ3v) is 7.28. The summed E-state index contributed by atoms with van der Waals surface area (Å²) in [5.41, 5.74) is 7.41. The Morgan fingerprint density at radius 1 is 1.13 bits per heavy atom. The summed E-state index contributed by atoms with van der Waals surface area (Å²) in [6, 6.07) is 9.09. The minimum atomic E-state index is -0.417. The molecule has 1 fully saturated rings. The van der Waals surface area contributed by atoms with Crippen LogP contribution >= 0.6 is 0 Å². The van der Waals surface area contributed by atoms with E-state index in [0.29, 0.717) is 28.3 Å². The lowest BCUT2D eigenvalue weighted by Gasteiger charge is -2.28. The summed E-state index contributed by atoms with van der Waals surface area (Å²) in [7, 11) is 0. The van der Waals surface area contributed by atoms with Gasteiger partial charge in [-0.25, -0.2) is 9.37 Å². The lowest BCUT2D eigenvalue weighted by Crippen LogP contribution is -2.23. The van der Waals surface area contributed by atoms with E-state index in [9.17, 15) is 0 Å². The van der Waals surface area contributed by atoms with Gasteiger partial charge >= 0.3 is 0 Å². The molecule has 0 atom stereocenters. The molecular formula is C31H28FN7. The van der Waals surface area contributed by atoms with Crippen molar-refractivity contribution in [3.05, 3.63) is 103 Å². The summed E-state index contributed by atoms with van der Waals surface area (Å²) in [6.45, 7) is 10.1. The van der Waals surface area contributed by atoms with Gasteiger partial charge in [0.15, 0.2) is 11.6 Å². The standard InChI is InChI=1S/C31H28FN7/c1-4-19(15-23(5-2)35-18(3)20-7-6-8-20)22-16-24-28(25(32)17-22)38-39-29(24)31-36-26-11-14-34-27(30(26)37-31)21-9-12-33-13-10-21/h4-5,9-17,20,35H,2-3,6-8H2,1H3,(H,36,37)(H,38,39)/b19-4+,23-15+. The molecule has 1 aliphatic rings. The number of benzene rings is 1. The van der Waals surface area contributed by atoms with Crippen LogP contribution in [0.3, 0.4) is 0 Å². The molecule has 0 radical (unpaired) electrons. The Kier molecular flexibility index (Phi) is 6.36. The molecular weight excluding hydrogens is 489 g/mol. The Morgan fingerprint density at radius 2 is 1.95 bits per heavy atom. The van der Waals surface area contributed by atoms with Crippen molar-refractivity contribution in [2.45, 2.75) is 26.2 Å². The maximum Gasteiger partial charge on any atom is 0.157 e. The number of halogens is 1. The fraction of sp³-hybridized carbons (Fsp3) is 0.161. The predicted octanol–water partition coefficient (Wildman–Crippen LogP) is 7.08. The molecule has 6 rings (SSSR count). The smallest absolute Gasteiger partial charge is 0.157 e. The van der Waals surface area contributed by atoms with Gasteiger partial charge in [-0.1, -0.05) is 25.7 Å². The zero-order valence-corrected chi connectivity index (χ0v) is 21.6. The number of aromatic amines is 2.